The number of benzene rings is 1. The zero-order valence-corrected chi connectivity index (χ0v) is 26.6. The Kier molecular flexibility index (Phi) is 8.56. The van der Waals surface area contributed by atoms with Crippen molar-refractivity contribution in [3.8, 4) is 0 Å². The molecule has 1 saturated carbocycles. The fourth-order valence-electron chi connectivity index (χ4n) is 7.32. The topological polar surface area (TPSA) is 85.7 Å². The van der Waals surface area contributed by atoms with E-state index in [1.165, 1.54) is 37.9 Å². The summed E-state index contributed by atoms with van der Waals surface area (Å²) in [5, 5.41) is 4.19. The van der Waals surface area contributed by atoms with Crippen LogP contribution >= 0.6 is 0 Å². The summed E-state index contributed by atoms with van der Waals surface area (Å²) in [6.07, 6.45) is 10.8. The van der Waals surface area contributed by atoms with E-state index in [-0.39, 0.29) is 11.9 Å². The first-order valence-corrected chi connectivity index (χ1v) is 16.6. The second-order valence-electron chi connectivity index (χ2n) is 13.1. The highest BCUT2D eigenvalue weighted by Gasteiger charge is 2.27. The molecule has 1 aliphatic carbocycles. The SMILES string of the molecule is CN(C)C(=O)c1cc2cnc(Nc3ccc(N4CCN(CC5CCN(c6ccccc6)CC5)CC4)cn3)nc2n1C1CCCC1. The van der Waals surface area contributed by atoms with Crippen LogP contribution in [0.15, 0.2) is 60.9 Å². The van der Waals surface area contributed by atoms with Crippen molar-refractivity contribution in [2.24, 2.45) is 5.92 Å². The van der Waals surface area contributed by atoms with Gasteiger partial charge in [0.05, 0.1) is 11.9 Å². The van der Waals surface area contributed by atoms with Gasteiger partial charge in [0.25, 0.3) is 5.91 Å². The van der Waals surface area contributed by atoms with Crippen LogP contribution in [-0.2, 0) is 0 Å². The number of anilines is 4. The van der Waals surface area contributed by atoms with Gasteiger partial charge in [-0.3, -0.25) is 9.69 Å². The first-order chi connectivity index (χ1) is 22.0. The number of carbonyl (C=O) groups excluding carboxylic acids is 1. The molecule has 7 rings (SSSR count). The Hall–Kier alpha value is -4.18. The number of hydrogen-bond acceptors (Lipinski definition) is 8. The Balaban J connectivity index is 0.944. The average molecular weight is 608 g/mol. The van der Waals surface area contributed by atoms with Gasteiger partial charge in [0.1, 0.15) is 17.2 Å². The van der Waals surface area contributed by atoms with Crippen molar-refractivity contribution in [1.29, 1.82) is 0 Å². The Morgan fingerprint density at radius 1 is 0.844 bits per heavy atom. The summed E-state index contributed by atoms with van der Waals surface area (Å²) in [5.41, 5.74) is 3.99. The van der Waals surface area contributed by atoms with Gasteiger partial charge < -0.3 is 24.6 Å². The van der Waals surface area contributed by atoms with Crippen LogP contribution in [0.4, 0.5) is 23.1 Å². The van der Waals surface area contributed by atoms with E-state index < -0.39 is 0 Å². The monoisotopic (exact) mass is 607 g/mol. The van der Waals surface area contributed by atoms with Gasteiger partial charge in [0, 0.05) is 83.2 Å². The van der Waals surface area contributed by atoms with Crippen LogP contribution < -0.4 is 15.1 Å². The van der Waals surface area contributed by atoms with E-state index in [4.69, 9.17) is 9.97 Å². The molecule has 0 radical (unpaired) electrons. The molecule has 0 bridgehead atoms. The molecule has 3 aromatic heterocycles. The maximum Gasteiger partial charge on any atom is 0.270 e. The van der Waals surface area contributed by atoms with Crippen LogP contribution in [-0.4, -0.2) is 95.1 Å². The summed E-state index contributed by atoms with van der Waals surface area (Å²) < 4.78 is 2.14. The summed E-state index contributed by atoms with van der Waals surface area (Å²) in [7, 11) is 3.59. The van der Waals surface area contributed by atoms with Crippen LogP contribution in [0.3, 0.4) is 0 Å². The number of pyridine rings is 1. The molecule has 3 aliphatic rings. The van der Waals surface area contributed by atoms with Crippen molar-refractivity contribution in [2.45, 2.75) is 44.6 Å². The summed E-state index contributed by atoms with van der Waals surface area (Å²) >= 11 is 0. The molecule has 2 saturated heterocycles. The molecular weight excluding hydrogens is 562 g/mol. The summed E-state index contributed by atoms with van der Waals surface area (Å²) in [4.78, 5) is 36.4. The number of nitrogens with one attached hydrogen (secondary N) is 1. The molecule has 2 aliphatic heterocycles. The van der Waals surface area contributed by atoms with E-state index in [9.17, 15) is 4.79 Å². The third kappa shape index (κ3) is 6.47. The van der Waals surface area contributed by atoms with E-state index in [1.807, 2.05) is 24.5 Å². The lowest BCUT2D eigenvalue weighted by Gasteiger charge is -2.40. The Bertz CT molecular complexity index is 1580. The van der Waals surface area contributed by atoms with Crippen molar-refractivity contribution < 1.29 is 4.79 Å². The number of carbonyl (C=O) groups is 1. The Morgan fingerprint density at radius 2 is 1.58 bits per heavy atom. The predicted molar refractivity (Wildman–Crippen MR) is 181 cm³/mol. The molecule has 0 atom stereocenters. The molecule has 4 aromatic rings. The van der Waals surface area contributed by atoms with Gasteiger partial charge in [-0.2, -0.15) is 4.98 Å². The number of hydrogen-bond donors (Lipinski definition) is 1. The minimum Gasteiger partial charge on any atom is -0.372 e. The normalized spacial score (nSPS) is 18.5. The number of amides is 1. The molecule has 45 heavy (non-hydrogen) atoms. The molecule has 0 spiro atoms. The fraction of sp³-hybridized carbons (Fsp3) is 0.486. The first kappa shape index (κ1) is 29.5. The van der Waals surface area contributed by atoms with Crippen LogP contribution in [0.1, 0.15) is 55.1 Å². The number of nitrogens with zero attached hydrogens (tertiary/aromatic N) is 8. The predicted octanol–water partition coefficient (Wildman–Crippen LogP) is 5.43. The quantitative estimate of drug-likeness (QED) is 0.284. The smallest absolute Gasteiger partial charge is 0.270 e. The number of fused-ring (bicyclic) bond motifs is 1. The highest BCUT2D eigenvalue weighted by Crippen LogP contribution is 2.35. The van der Waals surface area contributed by atoms with E-state index in [0.29, 0.717) is 17.5 Å². The number of rotatable bonds is 8. The zero-order valence-electron chi connectivity index (χ0n) is 26.6. The van der Waals surface area contributed by atoms with E-state index in [1.54, 1.807) is 19.0 Å². The van der Waals surface area contributed by atoms with E-state index in [0.717, 1.165) is 74.7 Å². The molecule has 236 valence electrons. The Morgan fingerprint density at radius 3 is 2.27 bits per heavy atom. The molecule has 10 nitrogen and oxygen atoms in total. The maximum absolute atomic E-state index is 13.0. The van der Waals surface area contributed by atoms with Crippen LogP contribution in [0.2, 0.25) is 0 Å². The molecule has 3 fully saturated rings. The van der Waals surface area contributed by atoms with Gasteiger partial charge in [0.2, 0.25) is 5.95 Å². The number of piperidine rings is 1. The van der Waals surface area contributed by atoms with Gasteiger partial charge in [-0.25, -0.2) is 9.97 Å². The number of aromatic nitrogens is 4. The molecule has 5 heterocycles. The van der Waals surface area contributed by atoms with Crippen molar-refractivity contribution in [3.05, 3.63) is 66.6 Å². The summed E-state index contributed by atoms with van der Waals surface area (Å²) in [6, 6.07) is 17.2. The van der Waals surface area contributed by atoms with Crippen LogP contribution in [0.5, 0.6) is 0 Å². The van der Waals surface area contributed by atoms with Crippen molar-refractivity contribution in [2.75, 3.05) is 75.0 Å². The van der Waals surface area contributed by atoms with E-state index in [2.05, 4.69) is 66.0 Å². The minimum absolute atomic E-state index is 0.00309. The highest BCUT2D eigenvalue weighted by molar-refractivity contribution is 5.97. The average Bonchev–Trinajstić information content (AvgIpc) is 3.74. The maximum atomic E-state index is 13.0. The number of para-hydroxylation sites is 1. The van der Waals surface area contributed by atoms with Gasteiger partial charge in [-0.05, 0) is 61.9 Å². The second-order valence-corrected chi connectivity index (χ2v) is 13.1. The minimum atomic E-state index is -0.00309. The third-order valence-electron chi connectivity index (χ3n) is 9.87. The first-order valence-electron chi connectivity index (χ1n) is 16.6. The Labute approximate surface area is 266 Å². The molecule has 10 heteroatoms. The molecule has 1 amide bonds. The molecular formula is C35H45N9O. The van der Waals surface area contributed by atoms with Crippen LogP contribution in [0, 0.1) is 5.92 Å². The van der Waals surface area contributed by atoms with E-state index >= 15 is 0 Å². The molecule has 0 unspecified atom stereocenters. The standard InChI is InChI=1S/C35H45N9O/c1-40(2)34(45)31-22-27-23-37-35(39-33(27)44(31)29-10-6-7-11-29)38-32-13-12-30(24-36-32)43-20-18-41(19-21-43)25-26-14-16-42(17-15-26)28-8-4-3-5-9-28/h3-5,8-9,12-13,22-24,26,29H,6-7,10-11,14-21,25H2,1-2H3,(H,36,37,38,39). The lowest BCUT2D eigenvalue weighted by Crippen LogP contribution is -2.49. The lowest BCUT2D eigenvalue weighted by atomic mass is 9.95. The summed E-state index contributed by atoms with van der Waals surface area (Å²) in [6.45, 7) is 7.73. The van der Waals surface area contributed by atoms with Crippen LogP contribution in [0.25, 0.3) is 11.0 Å². The van der Waals surface area contributed by atoms with Gasteiger partial charge >= 0.3 is 0 Å². The van der Waals surface area contributed by atoms with Crippen molar-refractivity contribution >= 4 is 40.1 Å². The molecule has 1 N–H and O–H groups in total. The fourth-order valence-corrected chi connectivity index (χ4v) is 7.32. The molecule has 1 aromatic carbocycles. The van der Waals surface area contributed by atoms with Gasteiger partial charge in [-0.15, -0.1) is 0 Å². The zero-order chi connectivity index (χ0) is 30.8. The van der Waals surface area contributed by atoms with Crippen molar-refractivity contribution in [3.63, 3.8) is 0 Å². The number of piperazine rings is 1. The van der Waals surface area contributed by atoms with Gasteiger partial charge in [-0.1, -0.05) is 31.0 Å². The largest absolute Gasteiger partial charge is 0.372 e. The second kappa shape index (κ2) is 13.0. The summed E-state index contributed by atoms with van der Waals surface area (Å²) in [5.74, 6) is 1.98. The van der Waals surface area contributed by atoms with Gasteiger partial charge in [0.15, 0.2) is 0 Å². The highest BCUT2D eigenvalue weighted by atomic mass is 16.2. The third-order valence-corrected chi connectivity index (χ3v) is 9.87. The lowest BCUT2D eigenvalue weighted by molar-refractivity contribution is 0.0815. The van der Waals surface area contributed by atoms with Crippen molar-refractivity contribution in [1.82, 2.24) is 29.3 Å².